The van der Waals surface area contributed by atoms with Crippen molar-refractivity contribution < 1.29 is 5.11 Å². The Morgan fingerprint density at radius 2 is 0.964 bits per heavy atom. The number of hydrogen-bond donors (Lipinski definition) is 1. The summed E-state index contributed by atoms with van der Waals surface area (Å²) in [6.45, 7) is 4.56. The Balaban J connectivity index is 2.17. The molecule has 0 fully saturated rings. The fraction of sp³-hybridized carbons (Fsp3) is 0.778. The van der Waals surface area contributed by atoms with E-state index in [0.717, 1.165) is 12.8 Å². The number of unbranched alkanes of at least 4 members (excludes halogenated alkanes) is 15. The molecule has 0 aliphatic carbocycles. The smallest absolute Gasteiger partial charge is 0.119 e. The van der Waals surface area contributed by atoms with Gasteiger partial charge < -0.3 is 5.11 Å². The summed E-state index contributed by atoms with van der Waals surface area (Å²) in [4.78, 5) is 0. The van der Waals surface area contributed by atoms with Crippen LogP contribution in [0.3, 0.4) is 0 Å². The normalized spacial score (nSPS) is 11.2. The molecule has 1 aromatic carbocycles. The lowest BCUT2D eigenvalue weighted by atomic mass is 9.95. The van der Waals surface area contributed by atoms with E-state index in [2.05, 4.69) is 19.9 Å². The van der Waals surface area contributed by atoms with Crippen LogP contribution in [0.5, 0.6) is 5.75 Å². The van der Waals surface area contributed by atoms with Crippen molar-refractivity contribution in [1.29, 1.82) is 0 Å². The van der Waals surface area contributed by atoms with Crippen LogP contribution >= 0.6 is 0 Å². The zero-order valence-corrected chi connectivity index (χ0v) is 19.1. The maximum atomic E-state index is 10.3. The minimum Gasteiger partial charge on any atom is -0.508 e. The van der Waals surface area contributed by atoms with Crippen LogP contribution in [-0.2, 0) is 12.8 Å². The van der Waals surface area contributed by atoms with Crippen LogP contribution in [0.4, 0.5) is 0 Å². The fourth-order valence-corrected chi connectivity index (χ4v) is 4.21. The van der Waals surface area contributed by atoms with Crippen molar-refractivity contribution in [1.82, 2.24) is 0 Å². The minimum absolute atomic E-state index is 0.524. The molecule has 1 nitrogen and oxygen atoms in total. The van der Waals surface area contributed by atoms with Gasteiger partial charge in [-0.05, 0) is 42.9 Å². The molecule has 0 unspecified atom stereocenters. The third-order valence-corrected chi connectivity index (χ3v) is 6.08. The second-order valence-corrected chi connectivity index (χ2v) is 8.72. The maximum absolute atomic E-state index is 10.3. The van der Waals surface area contributed by atoms with Gasteiger partial charge in [0.25, 0.3) is 0 Å². The lowest BCUT2D eigenvalue weighted by Gasteiger charge is -2.12. The third kappa shape index (κ3) is 12.5. The molecule has 0 bridgehead atoms. The molecule has 0 saturated carbocycles. The van der Waals surface area contributed by atoms with Crippen molar-refractivity contribution in [2.75, 3.05) is 0 Å². The van der Waals surface area contributed by atoms with Crippen LogP contribution in [0.1, 0.15) is 134 Å². The average Bonchev–Trinajstić information content (AvgIpc) is 2.70. The van der Waals surface area contributed by atoms with Crippen molar-refractivity contribution in [3.63, 3.8) is 0 Å². The number of benzene rings is 1. The van der Waals surface area contributed by atoms with Gasteiger partial charge in [0.1, 0.15) is 5.75 Å². The first-order valence-electron chi connectivity index (χ1n) is 12.6. The molecule has 1 aromatic rings. The number of aryl methyl sites for hydroxylation is 1. The van der Waals surface area contributed by atoms with Crippen LogP contribution in [0.2, 0.25) is 0 Å². The van der Waals surface area contributed by atoms with E-state index in [-0.39, 0.29) is 0 Å². The van der Waals surface area contributed by atoms with Crippen LogP contribution in [-0.4, -0.2) is 5.11 Å². The Hall–Kier alpha value is -0.980. The Labute approximate surface area is 176 Å². The zero-order valence-electron chi connectivity index (χ0n) is 19.1. The van der Waals surface area contributed by atoms with Gasteiger partial charge >= 0.3 is 0 Å². The van der Waals surface area contributed by atoms with Crippen LogP contribution in [0, 0.1) is 0 Å². The fourth-order valence-electron chi connectivity index (χ4n) is 4.21. The number of rotatable bonds is 19. The highest BCUT2D eigenvalue weighted by Gasteiger charge is 2.07. The first-order valence-corrected chi connectivity index (χ1v) is 12.6. The van der Waals surface area contributed by atoms with Gasteiger partial charge in [-0.15, -0.1) is 0 Å². The van der Waals surface area contributed by atoms with Crippen LogP contribution in [0.15, 0.2) is 18.2 Å². The van der Waals surface area contributed by atoms with E-state index in [4.69, 9.17) is 0 Å². The summed E-state index contributed by atoms with van der Waals surface area (Å²) >= 11 is 0. The summed E-state index contributed by atoms with van der Waals surface area (Å²) in [5.41, 5.74) is 2.62. The van der Waals surface area contributed by atoms with Crippen molar-refractivity contribution in [2.24, 2.45) is 0 Å². The van der Waals surface area contributed by atoms with Gasteiger partial charge in [0.05, 0.1) is 0 Å². The SMILES string of the molecule is CCCCCCCCCCCCc1c(O)cccc1CCCCCCCCC. The molecule has 0 saturated heterocycles. The molecule has 1 N–H and O–H groups in total. The Morgan fingerprint density at radius 3 is 1.46 bits per heavy atom. The molecule has 1 rings (SSSR count). The predicted molar refractivity (Wildman–Crippen MR) is 125 cm³/mol. The highest BCUT2D eigenvalue weighted by molar-refractivity contribution is 5.39. The lowest BCUT2D eigenvalue weighted by Crippen LogP contribution is -1.96. The van der Waals surface area contributed by atoms with E-state index < -0.39 is 0 Å². The first kappa shape index (κ1) is 25.1. The monoisotopic (exact) mass is 388 g/mol. The number of aromatic hydroxyl groups is 1. The molecule has 1 heteroatoms. The van der Waals surface area contributed by atoms with E-state index in [9.17, 15) is 5.11 Å². The van der Waals surface area contributed by atoms with E-state index in [1.807, 2.05) is 12.1 Å². The van der Waals surface area contributed by atoms with Crippen LogP contribution < -0.4 is 0 Å². The maximum Gasteiger partial charge on any atom is 0.119 e. The van der Waals surface area contributed by atoms with E-state index in [1.54, 1.807) is 0 Å². The van der Waals surface area contributed by atoms with Crippen molar-refractivity contribution in [2.45, 2.75) is 136 Å². The Bertz CT molecular complexity index is 465. The standard InChI is InChI=1S/C27H48O/c1-3-5-7-9-11-12-13-15-17-19-23-26-25(22-20-24-27(26)28)21-18-16-14-10-8-6-4-2/h20,22,24,28H,3-19,21,23H2,1-2H3. The second kappa shape index (κ2) is 18.1. The summed E-state index contributed by atoms with van der Waals surface area (Å²) in [5, 5.41) is 10.3. The summed E-state index contributed by atoms with van der Waals surface area (Å²) < 4.78 is 0. The Morgan fingerprint density at radius 1 is 0.536 bits per heavy atom. The van der Waals surface area contributed by atoms with E-state index >= 15 is 0 Å². The number of phenolic OH excluding ortho intramolecular Hbond substituents is 1. The van der Waals surface area contributed by atoms with Gasteiger partial charge in [-0.25, -0.2) is 0 Å². The zero-order chi connectivity index (χ0) is 20.3. The molecule has 162 valence electrons. The Kier molecular flexibility index (Phi) is 16.2. The molecular formula is C27H48O. The van der Waals surface area contributed by atoms with Crippen LogP contribution in [0.25, 0.3) is 0 Å². The molecule has 0 atom stereocenters. The molecule has 0 radical (unpaired) electrons. The first-order chi connectivity index (χ1) is 13.8. The summed E-state index contributed by atoms with van der Waals surface area (Å²) in [7, 11) is 0. The molecule has 28 heavy (non-hydrogen) atoms. The summed E-state index contributed by atoms with van der Waals surface area (Å²) in [5.74, 6) is 0.524. The summed E-state index contributed by atoms with van der Waals surface area (Å²) in [6, 6.07) is 6.14. The molecule has 0 amide bonds. The molecule has 0 spiro atoms. The van der Waals surface area contributed by atoms with Gasteiger partial charge in [0.2, 0.25) is 0 Å². The molecule has 0 aliphatic heterocycles. The largest absolute Gasteiger partial charge is 0.508 e. The van der Waals surface area contributed by atoms with Crippen molar-refractivity contribution >= 4 is 0 Å². The number of phenols is 1. The van der Waals surface area contributed by atoms with Gasteiger partial charge in [0.15, 0.2) is 0 Å². The van der Waals surface area contributed by atoms with Gasteiger partial charge in [-0.1, -0.05) is 122 Å². The molecule has 0 aliphatic rings. The third-order valence-electron chi connectivity index (χ3n) is 6.08. The molecule has 0 aromatic heterocycles. The molecule has 0 heterocycles. The van der Waals surface area contributed by atoms with Gasteiger partial charge in [-0.3, -0.25) is 0 Å². The van der Waals surface area contributed by atoms with Crippen molar-refractivity contribution in [3.05, 3.63) is 29.3 Å². The van der Waals surface area contributed by atoms with E-state index in [1.165, 1.54) is 120 Å². The molecular weight excluding hydrogens is 340 g/mol. The van der Waals surface area contributed by atoms with Crippen molar-refractivity contribution in [3.8, 4) is 5.75 Å². The topological polar surface area (TPSA) is 20.2 Å². The number of hydrogen-bond acceptors (Lipinski definition) is 1. The van der Waals surface area contributed by atoms with E-state index in [0.29, 0.717) is 5.75 Å². The van der Waals surface area contributed by atoms with Gasteiger partial charge in [0, 0.05) is 0 Å². The highest BCUT2D eigenvalue weighted by Crippen LogP contribution is 2.25. The van der Waals surface area contributed by atoms with Gasteiger partial charge in [-0.2, -0.15) is 0 Å². The average molecular weight is 389 g/mol. The lowest BCUT2D eigenvalue weighted by molar-refractivity contribution is 0.464. The summed E-state index contributed by atoms with van der Waals surface area (Å²) in [6.07, 6.45) is 25.3. The minimum atomic E-state index is 0.524. The predicted octanol–water partition coefficient (Wildman–Crippen LogP) is 9.15. The highest BCUT2D eigenvalue weighted by atomic mass is 16.3. The quantitative estimate of drug-likeness (QED) is 0.234. The second-order valence-electron chi connectivity index (χ2n) is 8.72.